The van der Waals surface area contributed by atoms with E-state index in [0.717, 1.165) is 5.75 Å². The molecule has 0 saturated heterocycles. The topological polar surface area (TPSA) is 59.8 Å². The van der Waals surface area contributed by atoms with Crippen molar-refractivity contribution in [3.8, 4) is 5.75 Å². The van der Waals surface area contributed by atoms with Gasteiger partial charge in [-0.05, 0) is 24.3 Å². The average molecular weight is 323 g/mol. The number of ether oxygens (including phenoxy) is 1. The van der Waals surface area contributed by atoms with Crippen LogP contribution >= 0.6 is 0 Å². The molecule has 5 nitrogen and oxygen atoms in total. The van der Waals surface area contributed by atoms with Crippen molar-refractivity contribution in [3.05, 3.63) is 76.6 Å². The van der Waals surface area contributed by atoms with Crippen LogP contribution in [0, 0.1) is 0 Å². The molecule has 0 aliphatic rings. The van der Waals surface area contributed by atoms with Gasteiger partial charge in [-0.15, -0.1) is 0 Å². The quantitative estimate of drug-likeness (QED) is 0.724. The fraction of sp³-hybridized carbons (Fsp3) is 0.158. The molecule has 1 heterocycles. The molecule has 0 fully saturated rings. The van der Waals surface area contributed by atoms with E-state index in [4.69, 9.17) is 9.15 Å². The Morgan fingerprint density at radius 2 is 1.79 bits per heavy atom. The summed E-state index contributed by atoms with van der Waals surface area (Å²) < 4.78 is 11.1. The van der Waals surface area contributed by atoms with Crippen molar-refractivity contribution in [1.29, 1.82) is 0 Å². The van der Waals surface area contributed by atoms with E-state index >= 15 is 0 Å². The lowest BCUT2D eigenvalue weighted by Crippen LogP contribution is -2.31. The minimum atomic E-state index is -0.352. The monoisotopic (exact) mass is 323 g/mol. The number of benzene rings is 2. The highest BCUT2D eigenvalue weighted by molar-refractivity contribution is 5.93. The van der Waals surface area contributed by atoms with Gasteiger partial charge >= 0.3 is 0 Å². The fourth-order valence-electron chi connectivity index (χ4n) is 2.32. The summed E-state index contributed by atoms with van der Waals surface area (Å²) in [6.07, 6.45) is 0. The van der Waals surface area contributed by atoms with E-state index < -0.39 is 0 Å². The number of hydrogen-bond acceptors (Lipinski definition) is 4. The van der Waals surface area contributed by atoms with Gasteiger partial charge in [0.15, 0.2) is 11.2 Å². The zero-order chi connectivity index (χ0) is 16.9. The molecular formula is C19H17NO4. The van der Waals surface area contributed by atoms with Crippen LogP contribution in [0.3, 0.4) is 0 Å². The van der Waals surface area contributed by atoms with E-state index in [0.29, 0.717) is 24.1 Å². The molecule has 24 heavy (non-hydrogen) atoms. The minimum Gasteiger partial charge on any atom is -0.492 e. The van der Waals surface area contributed by atoms with Crippen molar-refractivity contribution >= 4 is 16.9 Å². The largest absolute Gasteiger partial charge is 0.492 e. The Balaban J connectivity index is 1.68. The van der Waals surface area contributed by atoms with Gasteiger partial charge in [-0.25, -0.2) is 0 Å². The van der Waals surface area contributed by atoms with Gasteiger partial charge in [-0.2, -0.15) is 0 Å². The first-order valence-corrected chi connectivity index (χ1v) is 7.61. The first-order chi connectivity index (χ1) is 11.6. The van der Waals surface area contributed by atoms with Crippen LogP contribution in [0.1, 0.15) is 10.6 Å². The third-order valence-corrected chi connectivity index (χ3v) is 3.63. The number of carbonyl (C=O) groups excluding carboxylic acids is 1. The third kappa shape index (κ3) is 3.46. The summed E-state index contributed by atoms with van der Waals surface area (Å²) in [4.78, 5) is 26.0. The molecule has 0 atom stereocenters. The number of carbonyl (C=O) groups is 1. The highest BCUT2D eigenvalue weighted by Gasteiger charge is 2.16. The van der Waals surface area contributed by atoms with Crippen molar-refractivity contribution in [3.63, 3.8) is 0 Å². The summed E-state index contributed by atoms with van der Waals surface area (Å²) >= 11 is 0. The molecule has 0 spiro atoms. The van der Waals surface area contributed by atoms with Crippen molar-refractivity contribution in [2.24, 2.45) is 0 Å². The standard InChI is InChI=1S/C19H17NO4/c1-20(11-12-23-14-7-3-2-4-8-14)19(22)18-13-16(21)15-9-5-6-10-17(15)24-18/h2-10,13H,11-12H2,1H3. The highest BCUT2D eigenvalue weighted by atomic mass is 16.5. The molecule has 1 amide bonds. The van der Waals surface area contributed by atoms with E-state index in [9.17, 15) is 9.59 Å². The Labute approximate surface area is 139 Å². The Kier molecular flexibility index (Phi) is 4.61. The van der Waals surface area contributed by atoms with E-state index in [2.05, 4.69) is 0 Å². The van der Waals surface area contributed by atoms with Crippen LogP contribution in [0.4, 0.5) is 0 Å². The first-order valence-electron chi connectivity index (χ1n) is 7.61. The maximum Gasteiger partial charge on any atom is 0.289 e. The second kappa shape index (κ2) is 7.00. The van der Waals surface area contributed by atoms with Crippen molar-refractivity contribution in [1.82, 2.24) is 4.90 Å². The van der Waals surface area contributed by atoms with Crippen LogP contribution in [0.25, 0.3) is 11.0 Å². The van der Waals surface area contributed by atoms with E-state index in [1.165, 1.54) is 11.0 Å². The second-order valence-corrected chi connectivity index (χ2v) is 5.36. The number of nitrogens with zero attached hydrogens (tertiary/aromatic N) is 1. The highest BCUT2D eigenvalue weighted by Crippen LogP contribution is 2.13. The summed E-state index contributed by atoms with van der Waals surface area (Å²) in [5.74, 6) is 0.422. The minimum absolute atomic E-state index is 0.0286. The number of hydrogen-bond donors (Lipinski definition) is 0. The van der Waals surface area contributed by atoms with Gasteiger partial charge < -0.3 is 14.1 Å². The van der Waals surface area contributed by atoms with Crippen LogP contribution in [0.5, 0.6) is 5.75 Å². The van der Waals surface area contributed by atoms with E-state index in [-0.39, 0.29) is 17.1 Å². The lowest BCUT2D eigenvalue weighted by molar-refractivity contribution is 0.0743. The van der Waals surface area contributed by atoms with Crippen LogP contribution in [-0.2, 0) is 0 Å². The molecule has 122 valence electrons. The number of fused-ring (bicyclic) bond motifs is 1. The predicted octanol–water partition coefficient (Wildman–Crippen LogP) is 2.94. The van der Waals surface area contributed by atoms with Crippen LogP contribution in [0.2, 0.25) is 0 Å². The second-order valence-electron chi connectivity index (χ2n) is 5.36. The van der Waals surface area contributed by atoms with Gasteiger partial charge in [0.2, 0.25) is 0 Å². The summed E-state index contributed by atoms with van der Waals surface area (Å²) in [5.41, 5.74) is 0.177. The van der Waals surface area contributed by atoms with Crippen molar-refractivity contribution < 1.29 is 13.9 Å². The maximum atomic E-state index is 12.4. The molecule has 2 aromatic carbocycles. The molecule has 0 aliphatic carbocycles. The van der Waals surface area contributed by atoms with Crippen molar-refractivity contribution in [2.75, 3.05) is 20.2 Å². The molecule has 5 heteroatoms. The average Bonchev–Trinajstić information content (AvgIpc) is 2.62. The fourth-order valence-corrected chi connectivity index (χ4v) is 2.32. The van der Waals surface area contributed by atoms with E-state index in [1.54, 1.807) is 31.3 Å². The molecule has 0 aliphatic heterocycles. The van der Waals surface area contributed by atoms with Gasteiger partial charge in [-0.1, -0.05) is 30.3 Å². The number of rotatable bonds is 5. The lowest BCUT2D eigenvalue weighted by Gasteiger charge is -2.17. The van der Waals surface area contributed by atoms with Gasteiger partial charge in [0.25, 0.3) is 5.91 Å². The SMILES string of the molecule is CN(CCOc1ccccc1)C(=O)c1cc(=O)c2ccccc2o1. The maximum absolute atomic E-state index is 12.4. The molecule has 0 unspecified atom stereocenters. The predicted molar refractivity (Wildman–Crippen MR) is 91.4 cm³/mol. The summed E-state index contributed by atoms with van der Waals surface area (Å²) in [7, 11) is 1.64. The smallest absolute Gasteiger partial charge is 0.289 e. The van der Waals surface area contributed by atoms with Gasteiger partial charge in [0, 0.05) is 13.1 Å². The molecule has 0 radical (unpaired) electrons. The molecule has 1 aromatic heterocycles. The Morgan fingerprint density at radius 1 is 1.08 bits per heavy atom. The molecule has 0 saturated carbocycles. The van der Waals surface area contributed by atoms with Crippen LogP contribution < -0.4 is 10.2 Å². The van der Waals surface area contributed by atoms with E-state index in [1.807, 2.05) is 30.3 Å². The molecule has 3 rings (SSSR count). The third-order valence-electron chi connectivity index (χ3n) is 3.63. The molecule has 3 aromatic rings. The zero-order valence-corrected chi connectivity index (χ0v) is 13.3. The zero-order valence-electron chi connectivity index (χ0n) is 13.3. The number of amides is 1. The van der Waals surface area contributed by atoms with Crippen molar-refractivity contribution in [2.45, 2.75) is 0 Å². The number of likely N-dealkylation sites (N-methyl/N-ethyl adjacent to an activating group) is 1. The van der Waals surface area contributed by atoms with Crippen LogP contribution in [-0.4, -0.2) is 31.0 Å². The summed E-state index contributed by atoms with van der Waals surface area (Å²) in [6.45, 7) is 0.730. The Morgan fingerprint density at radius 3 is 2.58 bits per heavy atom. The Hall–Kier alpha value is -3.08. The van der Waals surface area contributed by atoms with Gasteiger partial charge in [-0.3, -0.25) is 9.59 Å². The van der Waals surface area contributed by atoms with Gasteiger partial charge in [0.1, 0.15) is 17.9 Å². The first kappa shape index (κ1) is 15.8. The lowest BCUT2D eigenvalue weighted by atomic mass is 10.2. The van der Waals surface area contributed by atoms with Gasteiger partial charge in [0.05, 0.1) is 11.9 Å². The molecular weight excluding hydrogens is 306 g/mol. The molecule has 0 N–H and O–H groups in total. The summed E-state index contributed by atoms with van der Waals surface area (Å²) in [5, 5.41) is 0.462. The normalized spacial score (nSPS) is 10.5. The molecule has 0 bridgehead atoms. The Bertz CT molecular complexity index is 902. The summed E-state index contributed by atoms with van der Waals surface area (Å²) in [6, 6.07) is 17.5. The number of para-hydroxylation sites is 2. The van der Waals surface area contributed by atoms with Crippen LogP contribution in [0.15, 0.2) is 69.9 Å².